The normalized spacial score (nSPS) is 15.4. The van der Waals surface area contributed by atoms with E-state index in [2.05, 4.69) is 34.1 Å². The van der Waals surface area contributed by atoms with E-state index in [1.165, 1.54) is 24.6 Å². The van der Waals surface area contributed by atoms with Crippen LogP contribution < -0.4 is 4.90 Å². The second-order valence-electron chi connectivity index (χ2n) is 6.09. The minimum Gasteiger partial charge on any atom is -0.359 e. The molecule has 5 heteroatoms. The third-order valence-electron chi connectivity index (χ3n) is 4.44. The highest BCUT2D eigenvalue weighted by atomic mass is 16.6. The molecule has 114 valence electrons. The molecule has 0 amide bonds. The number of hydrogen-bond donors (Lipinski definition) is 0. The van der Waals surface area contributed by atoms with Crippen molar-refractivity contribution in [2.75, 3.05) is 18.5 Å². The van der Waals surface area contributed by atoms with Crippen molar-refractivity contribution in [3.8, 4) is 0 Å². The van der Waals surface area contributed by atoms with Gasteiger partial charge in [0, 0.05) is 24.6 Å². The van der Waals surface area contributed by atoms with Crippen LogP contribution in [0.15, 0.2) is 42.6 Å². The predicted molar refractivity (Wildman–Crippen MR) is 86.3 cm³/mol. The summed E-state index contributed by atoms with van der Waals surface area (Å²) < 4.78 is 0. The van der Waals surface area contributed by atoms with Gasteiger partial charge in [-0.1, -0.05) is 30.3 Å². The molecule has 0 N–H and O–H groups in total. The summed E-state index contributed by atoms with van der Waals surface area (Å²) in [7, 11) is 2.00. The van der Waals surface area contributed by atoms with Crippen LogP contribution in [0.1, 0.15) is 24.0 Å². The summed E-state index contributed by atoms with van der Waals surface area (Å²) in [5.41, 5.74) is 2.28. The highest BCUT2D eigenvalue weighted by Crippen LogP contribution is 2.48. The summed E-state index contributed by atoms with van der Waals surface area (Å²) in [6, 6.07) is 12.3. The van der Waals surface area contributed by atoms with Gasteiger partial charge in [0.2, 0.25) is 0 Å². The standard InChI is InChI=1S/C17H19N3O2/c1-13-10-16(18-11-15(13)20(21)22)19(2)12-17(8-9-17)14-6-4-3-5-7-14/h3-7,10-11H,8-9,12H2,1-2H3. The van der Waals surface area contributed by atoms with Crippen molar-refractivity contribution in [2.45, 2.75) is 25.2 Å². The van der Waals surface area contributed by atoms with Gasteiger partial charge >= 0.3 is 0 Å². The fourth-order valence-electron chi connectivity index (χ4n) is 2.95. The number of benzene rings is 1. The molecule has 0 radical (unpaired) electrons. The molecule has 0 atom stereocenters. The monoisotopic (exact) mass is 297 g/mol. The Labute approximate surface area is 129 Å². The lowest BCUT2D eigenvalue weighted by molar-refractivity contribution is -0.385. The molecular formula is C17H19N3O2. The van der Waals surface area contributed by atoms with Crippen molar-refractivity contribution in [3.63, 3.8) is 0 Å². The minimum atomic E-state index is -0.390. The number of aryl methyl sites for hydroxylation is 1. The lowest BCUT2D eigenvalue weighted by atomic mass is 9.95. The first-order valence-electron chi connectivity index (χ1n) is 7.39. The first-order valence-corrected chi connectivity index (χ1v) is 7.39. The second kappa shape index (κ2) is 5.40. The van der Waals surface area contributed by atoms with Gasteiger partial charge in [-0.25, -0.2) is 4.98 Å². The fourth-order valence-corrected chi connectivity index (χ4v) is 2.95. The molecule has 1 aromatic carbocycles. The zero-order valence-electron chi connectivity index (χ0n) is 12.8. The number of nitro groups is 1. The van der Waals surface area contributed by atoms with Crippen molar-refractivity contribution >= 4 is 11.5 Å². The van der Waals surface area contributed by atoms with Gasteiger partial charge in [0.25, 0.3) is 5.69 Å². The molecule has 2 aromatic rings. The highest BCUT2D eigenvalue weighted by Gasteiger charge is 2.45. The molecule has 22 heavy (non-hydrogen) atoms. The molecule has 0 saturated heterocycles. The van der Waals surface area contributed by atoms with Crippen LogP contribution in [-0.4, -0.2) is 23.5 Å². The fraction of sp³-hybridized carbons (Fsp3) is 0.353. The van der Waals surface area contributed by atoms with Gasteiger partial charge in [-0.2, -0.15) is 0 Å². The molecule has 0 bridgehead atoms. The van der Waals surface area contributed by atoms with Gasteiger partial charge in [0.05, 0.1) is 4.92 Å². The van der Waals surface area contributed by atoms with Crippen LogP contribution in [0.4, 0.5) is 11.5 Å². The zero-order valence-corrected chi connectivity index (χ0v) is 12.8. The summed E-state index contributed by atoms with van der Waals surface area (Å²) in [6.45, 7) is 2.63. The van der Waals surface area contributed by atoms with Gasteiger partial charge in [-0.3, -0.25) is 10.1 Å². The Morgan fingerprint density at radius 1 is 1.32 bits per heavy atom. The summed E-state index contributed by atoms with van der Waals surface area (Å²) in [5.74, 6) is 0.783. The van der Waals surface area contributed by atoms with E-state index >= 15 is 0 Å². The highest BCUT2D eigenvalue weighted by molar-refractivity contribution is 5.49. The Hall–Kier alpha value is -2.43. The molecule has 1 aromatic heterocycles. The van der Waals surface area contributed by atoms with Crippen molar-refractivity contribution in [1.29, 1.82) is 0 Å². The summed E-state index contributed by atoms with van der Waals surface area (Å²) in [6.07, 6.45) is 3.70. The topological polar surface area (TPSA) is 59.3 Å². The Morgan fingerprint density at radius 2 is 2.00 bits per heavy atom. The molecule has 0 unspecified atom stereocenters. The molecule has 0 spiro atoms. The van der Waals surface area contributed by atoms with E-state index in [1.54, 1.807) is 13.0 Å². The summed E-state index contributed by atoms with van der Waals surface area (Å²) in [4.78, 5) is 16.8. The smallest absolute Gasteiger partial charge is 0.290 e. The van der Waals surface area contributed by atoms with Crippen LogP contribution in [0.25, 0.3) is 0 Å². The van der Waals surface area contributed by atoms with E-state index in [9.17, 15) is 10.1 Å². The van der Waals surface area contributed by atoms with Crippen LogP contribution in [0.3, 0.4) is 0 Å². The van der Waals surface area contributed by atoms with Gasteiger partial charge < -0.3 is 4.90 Å². The van der Waals surface area contributed by atoms with E-state index in [-0.39, 0.29) is 11.1 Å². The summed E-state index contributed by atoms with van der Waals surface area (Å²) in [5, 5.41) is 10.9. The van der Waals surface area contributed by atoms with Crippen molar-refractivity contribution in [1.82, 2.24) is 4.98 Å². The van der Waals surface area contributed by atoms with Gasteiger partial charge in [-0.05, 0) is 31.4 Å². The number of nitrogens with zero attached hydrogens (tertiary/aromatic N) is 3. The lowest BCUT2D eigenvalue weighted by Gasteiger charge is -2.25. The molecule has 5 nitrogen and oxygen atoms in total. The first-order chi connectivity index (χ1) is 10.5. The Bertz CT molecular complexity index is 696. The van der Waals surface area contributed by atoms with Gasteiger partial charge in [-0.15, -0.1) is 0 Å². The zero-order chi connectivity index (χ0) is 15.7. The molecule has 3 rings (SSSR count). The number of hydrogen-bond acceptors (Lipinski definition) is 4. The Morgan fingerprint density at radius 3 is 2.55 bits per heavy atom. The predicted octanol–water partition coefficient (Wildman–Crippen LogP) is 3.47. The van der Waals surface area contributed by atoms with Crippen LogP contribution in [-0.2, 0) is 5.41 Å². The molecule has 1 saturated carbocycles. The Balaban J connectivity index is 1.79. The van der Waals surface area contributed by atoms with Crippen LogP contribution in [0, 0.1) is 17.0 Å². The van der Waals surface area contributed by atoms with Crippen LogP contribution >= 0.6 is 0 Å². The largest absolute Gasteiger partial charge is 0.359 e. The van der Waals surface area contributed by atoms with E-state index < -0.39 is 4.92 Å². The first kappa shape index (κ1) is 14.5. The summed E-state index contributed by atoms with van der Waals surface area (Å²) >= 11 is 0. The van der Waals surface area contributed by atoms with E-state index in [1.807, 2.05) is 13.1 Å². The molecule has 0 aliphatic heterocycles. The minimum absolute atomic E-state index is 0.0707. The Kier molecular flexibility index (Phi) is 3.56. The van der Waals surface area contributed by atoms with Crippen LogP contribution in [0.2, 0.25) is 0 Å². The maximum atomic E-state index is 10.9. The number of aromatic nitrogens is 1. The number of pyridine rings is 1. The quantitative estimate of drug-likeness (QED) is 0.626. The number of rotatable bonds is 5. The van der Waals surface area contributed by atoms with Crippen molar-refractivity contribution in [3.05, 3.63) is 63.8 Å². The maximum Gasteiger partial charge on any atom is 0.290 e. The molecule has 1 heterocycles. The van der Waals surface area contributed by atoms with Crippen molar-refractivity contribution < 1.29 is 4.92 Å². The second-order valence-corrected chi connectivity index (χ2v) is 6.09. The van der Waals surface area contributed by atoms with Crippen LogP contribution in [0.5, 0.6) is 0 Å². The molecule has 1 aliphatic rings. The third-order valence-corrected chi connectivity index (χ3v) is 4.44. The van der Waals surface area contributed by atoms with Gasteiger partial charge in [0.15, 0.2) is 0 Å². The average Bonchev–Trinajstić information content (AvgIpc) is 3.28. The van der Waals surface area contributed by atoms with Crippen molar-refractivity contribution in [2.24, 2.45) is 0 Å². The van der Waals surface area contributed by atoms with E-state index in [0.29, 0.717) is 5.56 Å². The van der Waals surface area contributed by atoms with Gasteiger partial charge in [0.1, 0.15) is 12.0 Å². The van der Waals surface area contributed by atoms with E-state index in [0.717, 1.165) is 12.4 Å². The SMILES string of the molecule is Cc1cc(N(C)CC2(c3ccccc3)CC2)ncc1[N+](=O)[O-]. The van der Waals surface area contributed by atoms with E-state index in [4.69, 9.17) is 0 Å². The molecule has 1 aliphatic carbocycles. The maximum absolute atomic E-state index is 10.9. The number of anilines is 1. The lowest BCUT2D eigenvalue weighted by Crippen LogP contribution is -2.29. The molecule has 1 fully saturated rings. The number of likely N-dealkylation sites (N-methyl/N-ethyl adjacent to an activating group) is 1. The third kappa shape index (κ3) is 2.66. The molecular weight excluding hydrogens is 278 g/mol. The average molecular weight is 297 g/mol.